The number of benzodiazepines with no additional fused rings is 1. The van der Waals surface area contributed by atoms with Gasteiger partial charge in [-0.25, -0.2) is 13.8 Å². The highest BCUT2D eigenvalue weighted by Crippen LogP contribution is 2.39. The van der Waals surface area contributed by atoms with Gasteiger partial charge in [0.2, 0.25) is 12.1 Å². The molecule has 2 amide bonds. The van der Waals surface area contributed by atoms with Gasteiger partial charge in [0.05, 0.1) is 17.4 Å². The van der Waals surface area contributed by atoms with E-state index in [-0.39, 0.29) is 17.0 Å². The van der Waals surface area contributed by atoms with Crippen molar-refractivity contribution in [3.8, 4) is 0 Å². The van der Waals surface area contributed by atoms with Crippen molar-refractivity contribution in [1.29, 1.82) is 0 Å². The fraction of sp³-hybridized carbons (Fsp3) is 0.192. The maximum Gasteiger partial charge on any atom is 0.277 e. The van der Waals surface area contributed by atoms with Crippen LogP contribution in [0.3, 0.4) is 0 Å². The standard InChI is InChI=1S/C26H23ClF2N4O2S/c1-14-8-10-18(28)23(21(14)29)33-20-11-9-16(27)12-17(20)22(15-6-4-3-5-7-15)31-24(26(33)35)32(2)25(34)19(30)13-36/h3-12,19,24,36H,13,30H2,1-2H3. The van der Waals surface area contributed by atoms with Crippen LogP contribution in [0.15, 0.2) is 65.7 Å². The summed E-state index contributed by atoms with van der Waals surface area (Å²) in [6, 6.07) is 14.9. The van der Waals surface area contributed by atoms with Crippen molar-refractivity contribution in [3.05, 3.63) is 94.0 Å². The number of nitrogens with two attached hydrogens (primary N) is 1. The SMILES string of the molecule is Cc1ccc(F)c(N2C(=O)C(N(C)C(=O)C(N)CS)N=C(c3ccccc3)c3cc(Cl)ccc32)c1F. The molecule has 0 bridgehead atoms. The lowest BCUT2D eigenvalue weighted by atomic mass is 10.00. The number of rotatable bonds is 5. The van der Waals surface area contributed by atoms with E-state index in [0.29, 0.717) is 21.9 Å². The summed E-state index contributed by atoms with van der Waals surface area (Å²) in [5.74, 6) is -3.27. The first-order chi connectivity index (χ1) is 17.1. The van der Waals surface area contributed by atoms with Crippen molar-refractivity contribution < 1.29 is 18.4 Å². The summed E-state index contributed by atoms with van der Waals surface area (Å²) in [4.78, 5) is 33.7. The maximum atomic E-state index is 15.4. The quantitative estimate of drug-likeness (QED) is 0.479. The van der Waals surface area contributed by atoms with Crippen LogP contribution in [-0.4, -0.2) is 47.4 Å². The maximum absolute atomic E-state index is 15.4. The molecule has 186 valence electrons. The molecule has 1 aliphatic rings. The third-order valence-electron chi connectivity index (χ3n) is 5.91. The second-order valence-corrected chi connectivity index (χ2v) is 9.12. The molecular weight excluding hydrogens is 506 g/mol. The Morgan fingerprint density at radius 1 is 1.19 bits per heavy atom. The first-order valence-electron chi connectivity index (χ1n) is 11.0. The number of carbonyl (C=O) groups is 2. The molecule has 0 aliphatic carbocycles. The third-order valence-corrected chi connectivity index (χ3v) is 6.53. The zero-order valence-electron chi connectivity index (χ0n) is 19.5. The molecule has 4 rings (SSSR count). The summed E-state index contributed by atoms with van der Waals surface area (Å²) >= 11 is 10.4. The minimum atomic E-state index is -1.48. The Balaban J connectivity index is 2.05. The summed E-state index contributed by atoms with van der Waals surface area (Å²) in [6.07, 6.45) is -1.48. The first kappa shape index (κ1) is 25.8. The van der Waals surface area contributed by atoms with Crippen molar-refractivity contribution in [1.82, 2.24) is 4.90 Å². The number of likely N-dealkylation sites (N-methyl/N-ethyl adjacent to an activating group) is 1. The molecule has 0 radical (unpaired) electrons. The molecule has 1 heterocycles. The molecule has 36 heavy (non-hydrogen) atoms. The lowest BCUT2D eigenvalue weighted by Gasteiger charge is -2.31. The van der Waals surface area contributed by atoms with Gasteiger partial charge >= 0.3 is 0 Å². The van der Waals surface area contributed by atoms with Crippen molar-refractivity contribution >= 4 is 53.1 Å². The average Bonchev–Trinajstić information content (AvgIpc) is 3.00. The minimum absolute atomic E-state index is 0.0278. The summed E-state index contributed by atoms with van der Waals surface area (Å²) in [7, 11) is 1.37. The molecule has 2 N–H and O–H groups in total. The lowest BCUT2D eigenvalue weighted by Crippen LogP contribution is -2.52. The van der Waals surface area contributed by atoms with Crippen molar-refractivity contribution in [2.45, 2.75) is 19.1 Å². The smallest absolute Gasteiger partial charge is 0.277 e. The number of hydrogen-bond donors (Lipinski definition) is 2. The highest BCUT2D eigenvalue weighted by Gasteiger charge is 2.40. The summed E-state index contributed by atoms with van der Waals surface area (Å²) < 4.78 is 30.6. The second kappa shape index (κ2) is 10.4. The van der Waals surface area contributed by atoms with Crippen LogP contribution in [0.1, 0.15) is 16.7 Å². The Hall–Kier alpha value is -3.27. The molecule has 0 fully saturated rings. The number of halogens is 3. The topological polar surface area (TPSA) is 79.0 Å². The molecule has 10 heteroatoms. The molecule has 2 atom stereocenters. The van der Waals surface area contributed by atoms with Crippen LogP contribution in [0.25, 0.3) is 0 Å². The number of amides is 2. The summed E-state index contributed by atoms with van der Waals surface area (Å²) in [6.45, 7) is 1.47. The number of benzene rings is 3. The van der Waals surface area contributed by atoms with E-state index in [1.54, 1.807) is 30.3 Å². The fourth-order valence-corrected chi connectivity index (χ4v) is 4.32. The van der Waals surface area contributed by atoms with E-state index in [9.17, 15) is 9.59 Å². The van der Waals surface area contributed by atoms with Gasteiger partial charge in [-0.05, 0) is 36.8 Å². The van der Waals surface area contributed by atoms with Crippen molar-refractivity contribution in [3.63, 3.8) is 0 Å². The Morgan fingerprint density at radius 3 is 2.56 bits per heavy atom. The van der Waals surface area contributed by atoms with E-state index in [4.69, 9.17) is 17.3 Å². The van der Waals surface area contributed by atoms with E-state index < -0.39 is 41.3 Å². The first-order valence-corrected chi connectivity index (χ1v) is 12.0. The third kappa shape index (κ3) is 4.61. The highest BCUT2D eigenvalue weighted by atomic mass is 35.5. The second-order valence-electron chi connectivity index (χ2n) is 8.32. The Morgan fingerprint density at radius 2 is 1.89 bits per heavy atom. The zero-order chi connectivity index (χ0) is 26.1. The number of aliphatic imine (C=N–C) groups is 1. The number of thiol groups is 1. The van der Waals surface area contributed by atoms with Crippen LogP contribution < -0.4 is 10.6 Å². The molecule has 0 aromatic heterocycles. The van der Waals surface area contributed by atoms with Gasteiger partial charge in [-0.1, -0.05) is 48.0 Å². The predicted molar refractivity (Wildman–Crippen MR) is 140 cm³/mol. The van der Waals surface area contributed by atoms with E-state index in [1.807, 2.05) is 6.07 Å². The zero-order valence-corrected chi connectivity index (χ0v) is 21.1. The number of hydrogen-bond acceptors (Lipinski definition) is 5. The number of fused-ring (bicyclic) bond motifs is 1. The molecule has 6 nitrogen and oxygen atoms in total. The molecule has 3 aromatic carbocycles. The number of anilines is 2. The van der Waals surface area contributed by atoms with Crippen LogP contribution >= 0.6 is 24.2 Å². The summed E-state index contributed by atoms with van der Waals surface area (Å²) in [5, 5.41) is 0.329. The van der Waals surface area contributed by atoms with Gasteiger partial charge < -0.3 is 10.6 Å². The van der Waals surface area contributed by atoms with Gasteiger partial charge in [0, 0.05) is 29.0 Å². The van der Waals surface area contributed by atoms with Gasteiger partial charge in [-0.2, -0.15) is 12.6 Å². The molecule has 0 saturated carbocycles. The lowest BCUT2D eigenvalue weighted by molar-refractivity contribution is -0.138. The van der Waals surface area contributed by atoms with Crippen LogP contribution in [0.4, 0.5) is 20.2 Å². The van der Waals surface area contributed by atoms with Gasteiger partial charge in [0.15, 0.2) is 5.82 Å². The monoisotopic (exact) mass is 528 g/mol. The highest BCUT2D eigenvalue weighted by molar-refractivity contribution is 7.80. The molecular formula is C26H23ClF2N4O2S. The average molecular weight is 529 g/mol. The van der Waals surface area contributed by atoms with Gasteiger partial charge in [0.25, 0.3) is 5.91 Å². The predicted octanol–water partition coefficient (Wildman–Crippen LogP) is 4.48. The number of carbonyl (C=O) groups excluding carboxylic acids is 2. The summed E-state index contributed by atoms with van der Waals surface area (Å²) in [5.41, 5.74) is 6.93. The van der Waals surface area contributed by atoms with Crippen LogP contribution in [-0.2, 0) is 9.59 Å². The van der Waals surface area contributed by atoms with Crippen molar-refractivity contribution in [2.75, 3.05) is 17.7 Å². The Kier molecular flexibility index (Phi) is 7.44. The number of nitrogens with zero attached hydrogens (tertiary/aromatic N) is 3. The molecule has 1 aliphatic heterocycles. The van der Waals surface area contributed by atoms with Gasteiger partial charge in [-0.3, -0.25) is 14.5 Å². The number of aryl methyl sites for hydroxylation is 1. The fourth-order valence-electron chi connectivity index (χ4n) is 3.99. The Labute approximate surface area is 217 Å². The Bertz CT molecular complexity index is 1370. The van der Waals surface area contributed by atoms with Gasteiger partial charge in [0.1, 0.15) is 11.5 Å². The molecule has 0 spiro atoms. The van der Waals surface area contributed by atoms with E-state index in [1.165, 1.54) is 32.2 Å². The van der Waals surface area contributed by atoms with Crippen molar-refractivity contribution in [2.24, 2.45) is 10.7 Å². The molecule has 3 aromatic rings. The largest absolute Gasteiger partial charge is 0.319 e. The minimum Gasteiger partial charge on any atom is -0.319 e. The molecule has 2 unspecified atom stereocenters. The normalized spacial score (nSPS) is 16.2. The van der Waals surface area contributed by atoms with Gasteiger partial charge in [-0.15, -0.1) is 0 Å². The van der Waals surface area contributed by atoms with Crippen LogP contribution in [0.2, 0.25) is 5.02 Å². The van der Waals surface area contributed by atoms with Crippen LogP contribution in [0.5, 0.6) is 0 Å². The van der Waals surface area contributed by atoms with Crippen LogP contribution in [0, 0.1) is 18.6 Å². The van der Waals surface area contributed by atoms with E-state index >= 15 is 8.78 Å². The van der Waals surface area contributed by atoms with E-state index in [0.717, 1.165) is 15.9 Å². The van der Waals surface area contributed by atoms with E-state index in [2.05, 4.69) is 17.6 Å². The molecule has 0 saturated heterocycles.